The van der Waals surface area contributed by atoms with Gasteiger partial charge in [-0.2, -0.15) is 0 Å². The monoisotopic (exact) mass is 683 g/mol. The maximum atomic E-state index is 2.48. The van der Waals surface area contributed by atoms with Crippen LogP contribution in [0.15, 0.2) is 164 Å². The van der Waals surface area contributed by atoms with E-state index in [1.54, 1.807) is 0 Å². The molecule has 0 radical (unpaired) electrons. The van der Waals surface area contributed by atoms with Crippen LogP contribution in [0.3, 0.4) is 0 Å². The molecular formula is C52H45N. The lowest BCUT2D eigenvalue weighted by Crippen LogP contribution is -2.15. The molecule has 0 aliphatic rings. The normalized spacial score (nSPS) is 12.3. The van der Waals surface area contributed by atoms with Gasteiger partial charge in [-0.15, -0.1) is 0 Å². The van der Waals surface area contributed by atoms with Gasteiger partial charge in [0.25, 0.3) is 0 Å². The summed E-state index contributed by atoms with van der Waals surface area (Å²) in [6.45, 7) is 13.7. The second-order valence-corrected chi connectivity index (χ2v) is 16.6. The van der Waals surface area contributed by atoms with Crippen LogP contribution in [0.5, 0.6) is 0 Å². The Morgan fingerprint density at radius 2 is 0.792 bits per heavy atom. The van der Waals surface area contributed by atoms with Gasteiger partial charge in [0.05, 0.1) is 5.69 Å². The Balaban J connectivity index is 1.31. The number of hydrogen-bond acceptors (Lipinski definition) is 1. The fourth-order valence-electron chi connectivity index (χ4n) is 8.28. The highest BCUT2D eigenvalue weighted by Crippen LogP contribution is 2.49. The molecule has 0 spiro atoms. The highest BCUT2D eigenvalue weighted by molar-refractivity contribution is 6.24. The average Bonchev–Trinajstić information content (AvgIpc) is 3.17. The van der Waals surface area contributed by atoms with Gasteiger partial charge in [-0.05, 0) is 107 Å². The lowest BCUT2D eigenvalue weighted by Gasteiger charge is -2.31. The van der Waals surface area contributed by atoms with E-state index in [0.717, 1.165) is 11.4 Å². The Morgan fingerprint density at radius 1 is 0.358 bits per heavy atom. The van der Waals surface area contributed by atoms with Gasteiger partial charge in [-0.1, -0.05) is 175 Å². The molecule has 0 aliphatic carbocycles. The van der Waals surface area contributed by atoms with Gasteiger partial charge in [0.15, 0.2) is 0 Å². The largest absolute Gasteiger partial charge is 0.309 e. The van der Waals surface area contributed by atoms with E-state index in [2.05, 4.69) is 210 Å². The van der Waals surface area contributed by atoms with Crippen molar-refractivity contribution < 1.29 is 0 Å². The third kappa shape index (κ3) is 5.63. The van der Waals surface area contributed by atoms with Gasteiger partial charge < -0.3 is 4.90 Å². The molecule has 0 saturated carbocycles. The molecule has 0 saturated heterocycles. The Labute approximate surface area is 313 Å². The molecule has 0 aliphatic heterocycles. The van der Waals surface area contributed by atoms with Crippen molar-refractivity contribution in [3.8, 4) is 11.1 Å². The summed E-state index contributed by atoms with van der Waals surface area (Å²) in [5.74, 6) is 0. The summed E-state index contributed by atoms with van der Waals surface area (Å²) in [4.78, 5) is 2.48. The van der Waals surface area contributed by atoms with Crippen molar-refractivity contribution in [2.45, 2.75) is 52.4 Å². The maximum Gasteiger partial charge on any atom is 0.0618 e. The number of anilines is 3. The van der Waals surface area contributed by atoms with Gasteiger partial charge in [-0.25, -0.2) is 0 Å². The summed E-state index contributed by atoms with van der Waals surface area (Å²) < 4.78 is 0. The van der Waals surface area contributed by atoms with E-state index in [0.29, 0.717) is 0 Å². The van der Waals surface area contributed by atoms with Crippen molar-refractivity contribution in [2.24, 2.45) is 0 Å². The lowest BCUT2D eigenvalue weighted by molar-refractivity contribution is 0.590. The third-order valence-corrected chi connectivity index (χ3v) is 11.1. The quantitative estimate of drug-likeness (QED) is 0.132. The molecule has 0 fully saturated rings. The Morgan fingerprint density at radius 3 is 1.32 bits per heavy atom. The van der Waals surface area contributed by atoms with Crippen molar-refractivity contribution in [3.63, 3.8) is 0 Å². The molecule has 53 heavy (non-hydrogen) atoms. The van der Waals surface area contributed by atoms with E-state index in [1.165, 1.54) is 81.8 Å². The Hall–Kier alpha value is -5.92. The number of benzene rings is 9. The summed E-state index contributed by atoms with van der Waals surface area (Å²) in [5, 5.41) is 12.7. The highest BCUT2D eigenvalue weighted by Gasteiger charge is 2.24. The third-order valence-electron chi connectivity index (χ3n) is 11.1. The van der Waals surface area contributed by atoms with Gasteiger partial charge >= 0.3 is 0 Å². The van der Waals surface area contributed by atoms with Crippen molar-refractivity contribution in [3.05, 3.63) is 175 Å². The standard InChI is InChI=1S/C52H45N/c1-51(2,3)38-24-28-40(29-25-38)53(41-30-26-39(27-31-41)52(4,5)6)50-46-17-11-9-15-44(46)49(45-16-10-12-18-47(45)50)37-23-32-43-36(33-37)22-21-35-20-19-34-13-7-8-14-42(34)48(35)43/h7-33H,1-6H3. The first kappa shape index (κ1) is 33.0. The van der Waals surface area contributed by atoms with Crippen LogP contribution >= 0.6 is 0 Å². The van der Waals surface area contributed by atoms with Crippen LogP contribution in [-0.4, -0.2) is 0 Å². The molecule has 0 bridgehead atoms. The van der Waals surface area contributed by atoms with Crippen LogP contribution in [-0.2, 0) is 10.8 Å². The molecule has 0 atom stereocenters. The molecule has 0 amide bonds. The van der Waals surface area contributed by atoms with Gasteiger partial charge in [0.2, 0.25) is 0 Å². The number of nitrogens with zero attached hydrogens (tertiary/aromatic N) is 1. The van der Waals surface area contributed by atoms with Crippen LogP contribution in [0, 0.1) is 0 Å². The lowest BCUT2D eigenvalue weighted by atomic mass is 9.86. The van der Waals surface area contributed by atoms with Crippen molar-refractivity contribution >= 4 is 70.9 Å². The fourth-order valence-corrected chi connectivity index (χ4v) is 8.28. The molecule has 9 aromatic rings. The summed E-state index contributed by atoms with van der Waals surface area (Å²) in [6, 6.07) is 61.2. The van der Waals surface area contributed by atoms with Gasteiger partial charge in [0, 0.05) is 22.1 Å². The predicted octanol–water partition coefficient (Wildman–Crippen LogP) is 15.2. The molecular weight excluding hydrogens is 639 g/mol. The molecule has 0 heterocycles. The zero-order valence-electron chi connectivity index (χ0n) is 31.5. The van der Waals surface area contributed by atoms with Crippen LogP contribution in [0.25, 0.3) is 65.0 Å². The summed E-state index contributed by atoms with van der Waals surface area (Å²) in [7, 11) is 0. The van der Waals surface area contributed by atoms with Gasteiger partial charge in [0.1, 0.15) is 0 Å². The van der Waals surface area contributed by atoms with E-state index >= 15 is 0 Å². The first-order valence-corrected chi connectivity index (χ1v) is 18.9. The van der Waals surface area contributed by atoms with E-state index in [9.17, 15) is 0 Å². The minimum atomic E-state index is 0.0675. The zero-order chi connectivity index (χ0) is 36.5. The number of fused-ring (bicyclic) bond motifs is 7. The second-order valence-electron chi connectivity index (χ2n) is 16.6. The molecule has 0 aromatic heterocycles. The Bertz CT molecular complexity index is 2710. The van der Waals surface area contributed by atoms with Crippen LogP contribution in [0.4, 0.5) is 17.1 Å². The SMILES string of the molecule is CC(C)(C)c1ccc(N(c2ccc(C(C)(C)C)cc2)c2c3ccccc3c(-c3ccc4c(ccc5ccc6ccccc6c54)c3)c3ccccc23)cc1. The average molecular weight is 684 g/mol. The second kappa shape index (κ2) is 12.3. The van der Waals surface area contributed by atoms with Crippen molar-refractivity contribution in [1.82, 2.24) is 0 Å². The highest BCUT2D eigenvalue weighted by atomic mass is 15.1. The van der Waals surface area contributed by atoms with Crippen LogP contribution < -0.4 is 4.90 Å². The molecule has 0 unspecified atom stereocenters. The molecule has 1 nitrogen and oxygen atoms in total. The van der Waals surface area contributed by atoms with Crippen LogP contribution in [0.2, 0.25) is 0 Å². The molecule has 1 heteroatoms. The maximum absolute atomic E-state index is 2.48. The minimum Gasteiger partial charge on any atom is -0.309 e. The van der Waals surface area contributed by atoms with E-state index < -0.39 is 0 Å². The van der Waals surface area contributed by atoms with Crippen molar-refractivity contribution in [2.75, 3.05) is 4.90 Å². The first-order chi connectivity index (χ1) is 25.6. The van der Waals surface area contributed by atoms with E-state index in [-0.39, 0.29) is 10.8 Å². The smallest absolute Gasteiger partial charge is 0.0618 e. The zero-order valence-corrected chi connectivity index (χ0v) is 31.5. The number of hydrogen-bond donors (Lipinski definition) is 0. The van der Waals surface area contributed by atoms with E-state index in [4.69, 9.17) is 0 Å². The van der Waals surface area contributed by atoms with Crippen molar-refractivity contribution in [1.29, 1.82) is 0 Å². The summed E-state index contributed by atoms with van der Waals surface area (Å²) in [5.41, 5.74) is 8.78. The van der Waals surface area contributed by atoms with Gasteiger partial charge in [-0.3, -0.25) is 0 Å². The fraction of sp³-hybridized carbons (Fsp3) is 0.154. The predicted molar refractivity (Wildman–Crippen MR) is 231 cm³/mol. The molecule has 9 aromatic carbocycles. The summed E-state index contributed by atoms with van der Waals surface area (Å²) in [6.07, 6.45) is 0. The first-order valence-electron chi connectivity index (χ1n) is 18.9. The van der Waals surface area contributed by atoms with Crippen LogP contribution in [0.1, 0.15) is 52.7 Å². The summed E-state index contributed by atoms with van der Waals surface area (Å²) >= 11 is 0. The molecule has 0 N–H and O–H groups in total. The Kier molecular flexibility index (Phi) is 7.68. The molecule has 9 rings (SSSR count). The minimum absolute atomic E-state index is 0.0675. The van der Waals surface area contributed by atoms with E-state index in [1.807, 2.05) is 0 Å². The number of rotatable bonds is 4. The molecule has 258 valence electrons. The topological polar surface area (TPSA) is 3.24 Å².